The Balaban J connectivity index is 1.86. The minimum absolute atomic E-state index is 0.264. The van der Waals surface area contributed by atoms with Gasteiger partial charge in [0, 0.05) is 29.1 Å². The van der Waals surface area contributed by atoms with Crippen molar-refractivity contribution in [2.75, 3.05) is 5.32 Å². The van der Waals surface area contributed by atoms with Gasteiger partial charge in [0.1, 0.15) is 0 Å². The summed E-state index contributed by atoms with van der Waals surface area (Å²) < 4.78 is 0.900. The highest BCUT2D eigenvalue weighted by atomic mass is 79.9. The summed E-state index contributed by atoms with van der Waals surface area (Å²) in [4.78, 5) is 27.2. The second kappa shape index (κ2) is 6.81. The number of carbonyl (C=O) groups is 2. The Hall–Kier alpha value is -2.21. The normalized spacial score (nSPS) is 9.85. The van der Waals surface area contributed by atoms with E-state index < -0.39 is 11.8 Å². The van der Waals surface area contributed by atoms with Crippen molar-refractivity contribution < 1.29 is 9.59 Å². The molecule has 1 aromatic carbocycles. The van der Waals surface area contributed by atoms with Gasteiger partial charge in [-0.2, -0.15) is 0 Å². The number of pyridine rings is 1. The Morgan fingerprint density at radius 2 is 1.85 bits per heavy atom. The van der Waals surface area contributed by atoms with Crippen molar-refractivity contribution in [3.63, 3.8) is 0 Å². The summed E-state index contributed by atoms with van der Waals surface area (Å²) in [5, 5.41) is 5.05. The molecular formula is C14H12BrN3O2. The molecule has 20 heavy (non-hydrogen) atoms. The van der Waals surface area contributed by atoms with E-state index in [1.807, 2.05) is 6.07 Å². The predicted molar refractivity (Wildman–Crippen MR) is 78.9 cm³/mol. The number of benzene rings is 1. The van der Waals surface area contributed by atoms with E-state index in [2.05, 4.69) is 31.5 Å². The molecule has 0 fully saturated rings. The fourth-order valence-corrected chi connectivity index (χ4v) is 1.75. The summed E-state index contributed by atoms with van der Waals surface area (Å²) in [7, 11) is 0. The molecule has 0 aliphatic heterocycles. The third-order valence-corrected chi connectivity index (χ3v) is 3.01. The van der Waals surface area contributed by atoms with Crippen LogP contribution in [0, 0.1) is 0 Å². The van der Waals surface area contributed by atoms with Crippen molar-refractivity contribution in [2.24, 2.45) is 0 Å². The molecule has 0 saturated heterocycles. The van der Waals surface area contributed by atoms with Crippen LogP contribution in [-0.4, -0.2) is 16.8 Å². The lowest BCUT2D eigenvalue weighted by Crippen LogP contribution is -2.34. The molecule has 0 atom stereocenters. The second-order valence-corrected chi connectivity index (χ2v) is 4.92. The van der Waals surface area contributed by atoms with Gasteiger partial charge >= 0.3 is 11.8 Å². The van der Waals surface area contributed by atoms with Crippen molar-refractivity contribution in [3.8, 4) is 0 Å². The molecule has 0 bridgehead atoms. The SMILES string of the molecule is O=C(NCc1cccnc1)C(=O)Nc1ccc(Br)cc1. The van der Waals surface area contributed by atoms with Crippen molar-refractivity contribution in [1.82, 2.24) is 10.3 Å². The van der Waals surface area contributed by atoms with Gasteiger partial charge in [-0.1, -0.05) is 22.0 Å². The van der Waals surface area contributed by atoms with Crippen LogP contribution in [0.3, 0.4) is 0 Å². The van der Waals surface area contributed by atoms with Crippen LogP contribution >= 0.6 is 15.9 Å². The summed E-state index contributed by atoms with van der Waals surface area (Å²) in [5.74, 6) is -1.38. The van der Waals surface area contributed by atoms with Gasteiger partial charge in [-0.3, -0.25) is 14.6 Å². The molecular weight excluding hydrogens is 322 g/mol. The van der Waals surface area contributed by atoms with E-state index in [4.69, 9.17) is 0 Å². The number of nitrogens with one attached hydrogen (secondary N) is 2. The molecule has 5 nitrogen and oxygen atoms in total. The van der Waals surface area contributed by atoms with Crippen LogP contribution in [0.1, 0.15) is 5.56 Å². The number of rotatable bonds is 3. The van der Waals surface area contributed by atoms with Gasteiger partial charge in [-0.15, -0.1) is 0 Å². The van der Waals surface area contributed by atoms with Crippen LogP contribution < -0.4 is 10.6 Å². The fraction of sp³-hybridized carbons (Fsp3) is 0.0714. The molecule has 102 valence electrons. The van der Waals surface area contributed by atoms with Crippen LogP contribution in [0.4, 0.5) is 5.69 Å². The quantitative estimate of drug-likeness (QED) is 0.845. The van der Waals surface area contributed by atoms with Crippen LogP contribution in [0.25, 0.3) is 0 Å². The summed E-state index contributed by atoms with van der Waals surface area (Å²) in [6.45, 7) is 0.264. The highest BCUT2D eigenvalue weighted by Crippen LogP contribution is 2.13. The topological polar surface area (TPSA) is 71.1 Å². The molecule has 0 saturated carbocycles. The van der Waals surface area contributed by atoms with E-state index in [0.717, 1.165) is 10.0 Å². The Labute approximate surface area is 124 Å². The van der Waals surface area contributed by atoms with Gasteiger partial charge < -0.3 is 10.6 Å². The lowest BCUT2D eigenvalue weighted by Gasteiger charge is -2.06. The van der Waals surface area contributed by atoms with Crippen molar-refractivity contribution in [2.45, 2.75) is 6.54 Å². The lowest BCUT2D eigenvalue weighted by molar-refractivity contribution is -0.136. The number of hydrogen-bond acceptors (Lipinski definition) is 3. The molecule has 0 aliphatic carbocycles. The van der Waals surface area contributed by atoms with E-state index in [1.54, 1.807) is 42.7 Å². The van der Waals surface area contributed by atoms with Crippen molar-refractivity contribution >= 4 is 33.4 Å². The standard InChI is InChI=1S/C14H12BrN3O2/c15-11-3-5-12(6-4-11)18-14(20)13(19)17-9-10-2-1-7-16-8-10/h1-8H,9H2,(H,17,19)(H,18,20). The molecule has 2 rings (SSSR count). The minimum atomic E-state index is -0.698. The monoisotopic (exact) mass is 333 g/mol. The zero-order valence-electron chi connectivity index (χ0n) is 10.5. The van der Waals surface area contributed by atoms with E-state index >= 15 is 0 Å². The van der Waals surface area contributed by atoms with Crippen molar-refractivity contribution in [1.29, 1.82) is 0 Å². The van der Waals surface area contributed by atoms with Gasteiger partial charge in [0.15, 0.2) is 0 Å². The number of aromatic nitrogens is 1. The lowest BCUT2D eigenvalue weighted by atomic mass is 10.3. The zero-order chi connectivity index (χ0) is 14.4. The number of hydrogen-bond donors (Lipinski definition) is 2. The average molecular weight is 334 g/mol. The Bertz CT molecular complexity index is 600. The predicted octanol–water partition coefficient (Wildman–Crippen LogP) is 2.10. The second-order valence-electron chi connectivity index (χ2n) is 4.00. The molecule has 0 radical (unpaired) electrons. The number of nitrogens with zero attached hydrogens (tertiary/aromatic N) is 1. The average Bonchev–Trinajstić information content (AvgIpc) is 2.48. The zero-order valence-corrected chi connectivity index (χ0v) is 12.1. The maximum absolute atomic E-state index is 11.7. The Morgan fingerprint density at radius 3 is 2.50 bits per heavy atom. The number of carbonyl (C=O) groups excluding carboxylic acids is 2. The van der Waals surface area contributed by atoms with Gasteiger partial charge in [-0.25, -0.2) is 0 Å². The molecule has 6 heteroatoms. The highest BCUT2D eigenvalue weighted by molar-refractivity contribution is 9.10. The van der Waals surface area contributed by atoms with Gasteiger partial charge in [0.25, 0.3) is 0 Å². The minimum Gasteiger partial charge on any atom is -0.344 e. The van der Waals surface area contributed by atoms with Crippen molar-refractivity contribution in [3.05, 3.63) is 58.8 Å². The maximum Gasteiger partial charge on any atom is 0.313 e. The van der Waals surface area contributed by atoms with Gasteiger partial charge in [0.2, 0.25) is 0 Å². The summed E-state index contributed by atoms with van der Waals surface area (Å²) in [5.41, 5.74) is 1.40. The number of halogens is 1. The molecule has 0 spiro atoms. The largest absolute Gasteiger partial charge is 0.344 e. The van der Waals surface area contributed by atoms with Gasteiger partial charge in [-0.05, 0) is 35.9 Å². The van der Waals surface area contributed by atoms with E-state index in [0.29, 0.717) is 5.69 Å². The first-order valence-electron chi connectivity index (χ1n) is 5.89. The number of anilines is 1. The number of amides is 2. The summed E-state index contributed by atoms with van der Waals surface area (Å²) in [6, 6.07) is 10.6. The molecule has 2 N–H and O–H groups in total. The first kappa shape index (κ1) is 14.2. The molecule has 1 heterocycles. The van der Waals surface area contributed by atoms with Crippen LogP contribution in [0.2, 0.25) is 0 Å². The van der Waals surface area contributed by atoms with Crippen LogP contribution in [-0.2, 0) is 16.1 Å². The smallest absolute Gasteiger partial charge is 0.313 e. The highest BCUT2D eigenvalue weighted by Gasteiger charge is 2.13. The molecule has 1 aromatic heterocycles. The van der Waals surface area contributed by atoms with Crippen LogP contribution in [0.15, 0.2) is 53.3 Å². The van der Waals surface area contributed by atoms with E-state index in [1.165, 1.54) is 0 Å². The summed E-state index contributed by atoms with van der Waals surface area (Å²) in [6.07, 6.45) is 3.28. The first-order valence-corrected chi connectivity index (χ1v) is 6.68. The Kier molecular flexibility index (Phi) is 4.84. The maximum atomic E-state index is 11.7. The van der Waals surface area contributed by atoms with Crippen LogP contribution in [0.5, 0.6) is 0 Å². The third kappa shape index (κ3) is 4.17. The van der Waals surface area contributed by atoms with E-state index in [-0.39, 0.29) is 6.54 Å². The molecule has 0 aliphatic rings. The fourth-order valence-electron chi connectivity index (χ4n) is 1.49. The molecule has 2 aromatic rings. The summed E-state index contributed by atoms with van der Waals surface area (Å²) >= 11 is 3.29. The van der Waals surface area contributed by atoms with E-state index in [9.17, 15) is 9.59 Å². The van der Waals surface area contributed by atoms with Gasteiger partial charge in [0.05, 0.1) is 0 Å². The molecule has 2 amide bonds. The molecule has 0 unspecified atom stereocenters. The third-order valence-electron chi connectivity index (χ3n) is 2.48. The Morgan fingerprint density at radius 1 is 1.10 bits per heavy atom. The first-order chi connectivity index (χ1) is 9.65.